The number of hydrogen-bond donors (Lipinski definition) is 12. The average Bonchev–Trinajstić information content (AvgIpc) is 1.62. The zero-order valence-electron chi connectivity index (χ0n) is 8.79. The molecule has 0 bridgehead atoms. The minimum atomic E-state index is -4.64. The predicted molar refractivity (Wildman–Crippen MR) is 74.1 cm³/mol. The molecule has 0 aromatic heterocycles. The molecule has 0 amide bonds. The molecule has 0 unspecified atom stereocenters. The van der Waals surface area contributed by atoms with Gasteiger partial charge in [0.05, 0.1) is 0 Å². The van der Waals surface area contributed by atoms with Crippen molar-refractivity contribution in [2.45, 2.75) is 0 Å². The van der Waals surface area contributed by atoms with E-state index in [0.717, 1.165) is 0 Å². The van der Waals surface area contributed by atoms with Crippen LogP contribution >= 0.6 is 31.3 Å². The molecule has 0 saturated carbocycles. The van der Waals surface area contributed by atoms with E-state index in [0.29, 0.717) is 0 Å². The summed E-state index contributed by atoms with van der Waals surface area (Å²) in [6, 6.07) is 0. The largest absolute Gasteiger partial charge is 0.466 e. The highest BCUT2D eigenvalue weighted by Gasteiger charge is 2.01. The molecule has 0 aromatic rings. The smallest absolute Gasteiger partial charge is 0.303 e. The second-order valence-corrected chi connectivity index (χ2v) is 6.16. The highest BCUT2D eigenvalue weighted by Crippen LogP contribution is 2.27. The lowest BCUT2D eigenvalue weighted by atomic mass is 15.8. The Morgan fingerprint density at radius 2 is 0.318 bits per heavy atom. The van der Waals surface area contributed by atoms with Crippen LogP contribution in [-0.4, -0.2) is 105 Å². The molecule has 12 N–H and O–H groups in total. The minimum Gasteiger partial charge on any atom is -0.303 e. The monoisotopic (exact) mass is 444 g/mol. The fourth-order valence-corrected chi connectivity index (χ4v) is 0. The third-order valence-corrected chi connectivity index (χ3v) is 0. The molecule has 22 heavy (non-hydrogen) atoms. The van der Waals surface area contributed by atoms with Crippen LogP contribution in [0.25, 0.3) is 0 Å². The van der Waals surface area contributed by atoms with Crippen LogP contribution in [0.5, 0.6) is 0 Å². The molecule has 22 heteroatoms. The van der Waals surface area contributed by atoms with Gasteiger partial charge in [-0.2, -0.15) is 0 Å². The zero-order chi connectivity index (χ0) is 18.0. The lowest BCUT2D eigenvalue weighted by Gasteiger charge is -1.82. The first-order chi connectivity index (χ1) is 8.00. The Kier molecular flexibility index (Phi) is 29.3. The summed E-state index contributed by atoms with van der Waals surface area (Å²) in [5.41, 5.74) is 0. The first-order valence-corrected chi connectivity index (χ1v) is 9.39. The van der Waals surface area contributed by atoms with Gasteiger partial charge in [0.25, 0.3) is 0 Å². The van der Waals surface area contributed by atoms with Crippen LogP contribution in [0.1, 0.15) is 0 Å². The molecule has 136 valence electrons. The first kappa shape index (κ1) is 39.2. The Balaban J connectivity index is -0.0000000376. The highest BCUT2D eigenvalue weighted by molar-refractivity contribution is 7.45. The van der Waals surface area contributed by atoms with Gasteiger partial charge in [-0.3, -0.25) is 0 Å². The molecule has 0 aromatic carbocycles. The summed E-state index contributed by atoms with van der Waals surface area (Å²) in [7, 11) is -18.6. The van der Waals surface area contributed by atoms with Crippen molar-refractivity contribution in [1.29, 1.82) is 0 Å². The summed E-state index contributed by atoms with van der Waals surface area (Å²) in [6.45, 7) is 0. The fraction of sp³-hybridized carbons (Fsp3) is 0. The molecule has 0 aliphatic heterocycles. The van der Waals surface area contributed by atoms with E-state index >= 15 is 0 Å². The van der Waals surface area contributed by atoms with E-state index in [1.165, 1.54) is 0 Å². The summed E-state index contributed by atoms with van der Waals surface area (Å²) in [5.74, 6) is 0. The summed E-state index contributed by atoms with van der Waals surface area (Å²) in [4.78, 5) is 86.2. The van der Waals surface area contributed by atoms with Crippen LogP contribution in [0.3, 0.4) is 0 Å². The quantitative estimate of drug-likeness (QED) is 0.122. The molecule has 0 heterocycles. The second kappa shape index (κ2) is 16.4. The van der Waals surface area contributed by atoms with E-state index in [9.17, 15) is 0 Å². The lowest BCUT2D eigenvalue weighted by molar-refractivity contribution is 0.272. The number of rotatable bonds is 0. The average molecular weight is 445 g/mol. The van der Waals surface area contributed by atoms with Gasteiger partial charge in [-0.15, -0.1) is 0 Å². The van der Waals surface area contributed by atoms with Crippen LogP contribution in [0.4, 0.5) is 0 Å². The molecule has 0 fully saturated rings. The van der Waals surface area contributed by atoms with Crippen molar-refractivity contribution in [1.82, 2.24) is 0 Å². The highest BCUT2D eigenvalue weighted by atomic mass is 31.2. The maximum atomic E-state index is 8.88. The Labute approximate surface area is 154 Å². The molecule has 0 spiro atoms. The van der Waals surface area contributed by atoms with E-state index in [2.05, 4.69) is 0 Å². The third kappa shape index (κ3) is 2480. The van der Waals surface area contributed by atoms with Crippen molar-refractivity contribution in [3.8, 4) is 0 Å². The van der Waals surface area contributed by atoms with E-state index in [-0.39, 0.29) is 46.1 Å². The summed E-state index contributed by atoms with van der Waals surface area (Å²) >= 11 is 0. The van der Waals surface area contributed by atoms with Gasteiger partial charge in [-0.25, -0.2) is 18.3 Å². The maximum absolute atomic E-state index is 8.88. The number of phosphoric acid groups is 4. The van der Waals surface area contributed by atoms with Gasteiger partial charge in [0.2, 0.25) is 0 Å². The van der Waals surface area contributed by atoms with Crippen LogP contribution in [0, 0.1) is 0 Å². The summed E-state index contributed by atoms with van der Waals surface area (Å²) < 4.78 is 35.5. The topological polar surface area (TPSA) is 311 Å². The molecule has 0 radical (unpaired) electrons. The van der Waals surface area contributed by atoms with Gasteiger partial charge >= 0.3 is 77.4 Å². The normalized spacial score (nSPS) is 10.7. The SMILES string of the molecule is O=P(O)(O)O.O=P(O)(O)O.O=P(O)(O)O.O=P(O)(O)O.[MgH2].[MgH2]. The third-order valence-electron chi connectivity index (χ3n) is 0. The molecule has 16 nitrogen and oxygen atoms in total. The Morgan fingerprint density at radius 3 is 0.318 bits per heavy atom. The van der Waals surface area contributed by atoms with Gasteiger partial charge in [0, 0.05) is 0 Å². The molecular formula is H16Mg2O16P4. The van der Waals surface area contributed by atoms with E-state index in [1.807, 2.05) is 0 Å². The molecule has 0 aliphatic rings. The molecule has 0 rings (SSSR count). The van der Waals surface area contributed by atoms with Crippen LogP contribution < -0.4 is 0 Å². The van der Waals surface area contributed by atoms with Crippen molar-refractivity contribution in [3.63, 3.8) is 0 Å². The van der Waals surface area contributed by atoms with E-state index in [4.69, 9.17) is 77.0 Å². The van der Waals surface area contributed by atoms with Crippen molar-refractivity contribution in [2.24, 2.45) is 0 Å². The Hall–Kier alpha value is 1.97. The van der Waals surface area contributed by atoms with Crippen LogP contribution in [0.2, 0.25) is 0 Å². The molecular weight excluding hydrogens is 428 g/mol. The van der Waals surface area contributed by atoms with Gasteiger partial charge in [-0.05, 0) is 0 Å². The molecule has 0 saturated heterocycles. The Morgan fingerprint density at radius 1 is 0.318 bits per heavy atom. The van der Waals surface area contributed by atoms with Crippen molar-refractivity contribution >= 4 is 77.4 Å². The number of hydrogen-bond acceptors (Lipinski definition) is 4. The first-order valence-electron chi connectivity index (χ1n) is 3.13. The lowest BCUT2D eigenvalue weighted by Crippen LogP contribution is -1.66. The standard InChI is InChI=1S/2Mg.4H3O4P.4H/c;;4*1-5(2,3)4;;;;/h;;4*(H3,1,2,3,4);;;;. The van der Waals surface area contributed by atoms with Crippen LogP contribution in [-0.2, 0) is 18.3 Å². The summed E-state index contributed by atoms with van der Waals surface area (Å²) in [6.07, 6.45) is 0. The van der Waals surface area contributed by atoms with E-state index in [1.54, 1.807) is 0 Å². The molecule has 0 atom stereocenters. The van der Waals surface area contributed by atoms with Crippen molar-refractivity contribution in [2.75, 3.05) is 0 Å². The Bertz CT molecular complexity index is 289. The van der Waals surface area contributed by atoms with Gasteiger partial charge in [0.15, 0.2) is 0 Å². The minimum absolute atomic E-state index is 0. The maximum Gasteiger partial charge on any atom is 0.466 e. The van der Waals surface area contributed by atoms with Gasteiger partial charge in [-0.1, -0.05) is 0 Å². The van der Waals surface area contributed by atoms with Gasteiger partial charge in [0.1, 0.15) is 0 Å². The zero-order valence-corrected chi connectivity index (χ0v) is 12.4. The fourth-order valence-electron chi connectivity index (χ4n) is 0. The van der Waals surface area contributed by atoms with Crippen molar-refractivity contribution < 1.29 is 77.0 Å². The van der Waals surface area contributed by atoms with E-state index < -0.39 is 31.3 Å². The molecule has 0 aliphatic carbocycles. The van der Waals surface area contributed by atoms with Crippen LogP contribution in [0.15, 0.2) is 0 Å². The van der Waals surface area contributed by atoms with Gasteiger partial charge < -0.3 is 58.7 Å². The predicted octanol–water partition coefficient (Wildman–Crippen LogP) is -5.55. The summed E-state index contributed by atoms with van der Waals surface area (Å²) in [5, 5.41) is 0. The second-order valence-electron chi connectivity index (χ2n) is 2.05. The van der Waals surface area contributed by atoms with Crippen molar-refractivity contribution in [3.05, 3.63) is 0 Å².